The molecule has 0 radical (unpaired) electrons. The third-order valence-electron chi connectivity index (χ3n) is 9.57. The van der Waals surface area contributed by atoms with E-state index >= 15 is 0 Å². The summed E-state index contributed by atoms with van der Waals surface area (Å²) in [5.74, 6) is 2.62. The first-order valence-electron chi connectivity index (χ1n) is 15.3. The number of hydrogen-bond acceptors (Lipinski definition) is 5. The van der Waals surface area contributed by atoms with Crippen molar-refractivity contribution in [2.24, 2.45) is 29.4 Å². The summed E-state index contributed by atoms with van der Waals surface area (Å²) in [6.07, 6.45) is 18.8. The van der Waals surface area contributed by atoms with Gasteiger partial charge in [0, 0.05) is 0 Å². The summed E-state index contributed by atoms with van der Waals surface area (Å²) in [7, 11) is 4.88. The Bertz CT molecular complexity index is 1050. The molecule has 5 nitrogen and oxygen atoms in total. The van der Waals surface area contributed by atoms with Crippen molar-refractivity contribution in [1.82, 2.24) is 16.0 Å². The van der Waals surface area contributed by atoms with E-state index in [0.29, 0.717) is 27.7 Å². The molecule has 0 aromatic heterocycles. The van der Waals surface area contributed by atoms with Gasteiger partial charge in [-0.05, 0) is 0 Å². The monoisotopic (exact) mass is 666 g/mol. The van der Waals surface area contributed by atoms with Crippen molar-refractivity contribution >= 4 is 29.1 Å². The van der Waals surface area contributed by atoms with Crippen LogP contribution >= 0.6 is 29.1 Å². The normalized spacial score (nSPS) is 35.2. The van der Waals surface area contributed by atoms with Crippen LogP contribution < -0.4 is 21.7 Å². The van der Waals surface area contributed by atoms with Crippen molar-refractivity contribution in [2.75, 3.05) is 12.0 Å². The topological polar surface area (TPSA) is 71.3 Å². The molecule has 5 N–H and O–H groups in total. The summed E-state index contributed by atoms with van der Waals surface area (Å²) in [6, 6.07) is 0.642. The molecule has 0 amide bonds. The van der Waals surface area contributed by atoms with Gasteiger partial charge in [0.15, 0.2) is 0 Å². The van der Waals surface area contributed by atoms with E-state index < -0.39 is 19.8 Å². The van der Waals surface area contributed by atoms with Gasteiger partial charge in [0.2, 0.25) is 0 Å². The molecule has 1 aliphatic heterocycles. The number of ether oxygens (including phenoxy) is 1. The van der Waals surface area contributed by atoms with Crippen LogP contribution in [0.15, 0.2) is 56.2 Å². The Hall–Kier alpha value is -0.660. The van der Waals surface area contributed by atoms with Gasteiger partial charge in [-0.2, -0.15) is 0 Å². The first-order chi connectivity index (χ1) is 18.8. The van der Waals surface area contributed by atoms with Crippen LogP contribution in [-0.4, -0.2) is 40.4 Å². The number of fused-ring (bicyclic) bond motifs is 1. The average Bonchev–Trinajstić information content (AvgIpc) is 3.72. The van der Waals surface area contributed by atoms with Crippen molar-refractivity contribution in [3.8, 4) is 0 Å². The quantitative estimate of drug-likeness (QED) is 0.0685. The van der Waals surface area contributed by atoms with Crippen LogP contribution in [0.25, 0.3) is 0 Å². The number of alkyl halides is 2. The fourth-order valence-electron chi connectivity index (χ4n) is 7.19. The Morgan fingerprint density at radius 3 is 2.64 bits per heavy atom. The number of nitrogens with one attached hydrogen (secondary N) is 3. The average molecular weight is 667 g/mol. The fourth-order valence-corrected chi connectivity index (χ4v) is 14.0. The summed E-state index contributed by atoms with van der Waals surface area (Å²) in [5, 5.41) is 13.1. The number of hydrogen-bond donors (Lipinski definition) is 4. The number of rotatable bonds is 11. The van der Waals surface area contributed by atoms with Crippen LogP contribution in [-0.2, 0) is 4.74 Å². The Kier molecular flexibility index (Phi) is 10.0. The van der Waals surface area contributed by atoms with Gasteiger partial charge in [-0.3, -0.25) is 0 Å². The molecule has 0 aromatic carbocycles. The predicted molar refractivity (Wildman–Crippen MR) is 178 cm³/mol. The van der Waals surface area contributed by atoms with Crippen LogP contribution in [0, 0.1) is 23.7 Å². The van der Waals surface area contributed by atoms with E-state index in [1.807, 2.05) is 7.11 Å². The van der Waals surface area contributed by atoms with Gasteiger partial charge in [0.1, 0.15) is 0 Å². The van der Waals surface area contributed by atoms with Crippen molar-refractivity contribution < 1.29 is 4.74 Å². The Labute approximate surface area is 247 Å². The van der Waals surface area contributed by atoms with Crippen LogP contribution in [0.5, 0.6) is 0 Å². The molecule has 9 atom stereocenters. The second-order valence-electron chi connectivity index (χ2n) is 12.3. The SMILES string of the molecule is CCC1=C(NC(C2=CI(C)C3C(NC(N)NC4C=CC(C)CC4OC)=C(P)CCC23)C2CC2)C(CC)CC=C1. The molecule has 1 saturated carbocycles. The van der Waals surface area contributed by atoms with Gasteiger partial charge in [-0.15, -0.1) is 0 Å². The molecular formula is C32H52IN4OP. The number of nitrogens with two attached hydrogens (primary N) is 1. The molecule has 0 spiro atoms. The minimum atomic E-state index is -1.34. The number of halogens is 1. The molecule has 0 bridgehead atoms. The number of allylic oxidation sites excluding steroid dienone is 7. The fraction of sp³-hybridized carbons (Fsp3) is 0.688. The van der Waals surface area contributed by atoms with Crippen LogP contribution in [0.1, 0.15) is 72.1 Å². The molecule has 5 aliphatic rings. The number of methoxy groups -OCH3 is 1. The molecule has 7 heteroatoms. The second-order valence-corrected chi connectivity index (χ2v) is 18.2. The van der Waals surface area contributed by atoms with Crippen molar-refractivity contribution in [3.05, 3.63) is 56.2 Å². The standard InChI is InChI=1S/C32H52IN4OP/c1-6-20-9-8-10-21(7-2)29(20)36-30(22-12-13-22)24-18-33(4)28-23(24)14-16-27(39)31(28)37-32(34)35-25-15-11-19(3)17-26(25)38-5/h8-9,11,15,18-19,21-23,25-26,28,30,32,35-37H,6-7,10,12-14,16-17,34,39H2,1-5H3. The maximum atomic E-state index is 6.74. The van der Waals surface area contributed by atoms with Gasteiger partial charge < -0.3 is 0 Å². The third kappa shape index (κ3) is 6.56. The van der Waals surface area contributed by atoms with E-state index in [1.54, 1.807) is 11.3 Å². The first kappa shape index (κ1) is 29.8. The Morgan fingerprint density at radius 1 is 1.15 bits per heavy atom. The van der Waals surface area contributed by atoms with Crippen molar-refractivity contribution in [3.63, 3.8) is 0 Å². The zero-order chi connectivity index (χ0) is 27.7. The van der Waals surface area contributed by atoms with E-state index in [1.165, 1.54) is 48.7 Å². The van der Waals surface area contributed by atoms with Gasteiger partial charge >= 0.3 is 248 Å². The van der Waals surface area contributed by atoms with Crippen molar-refractivity contribution in [1.29, 1.82) is 0 Å². The maximum absolute atomic E-state index is 6.74. The molecule has 218 valence electrons. The summed E-state index contributed by atoms with van der Waals surface area (Å²) < 4.78 is 9.21. The molecule has 4 aliphatic carbocycles. The van der Waals surface area contributed by atoms with E-state index in [0.717, 1.165) is 25.2 Å². The molecule has 1 heterocycles. The molecule has 0 aromatic rings. The zero-order valence-corrected chi connectivity index (χ0v) is 28.0. The van der Waals surface area contributed by atoms with Crippen LogP contribution in [0.4, 0.5) is 0 Å². The van der Waals surface area contributed by atoms with Gasteiger partial charge in [0.25, 0.3) is 0 Å². The predicted octanol–water partition coefficient (Wildman–Crippen LogP) is 6.30. The molecule has 5 rings (SSSR count). The van der Waals surface area contributed by atoms with E-state index in [-0.39, 0.29) is 18.4 Å². The molecule has 9 unspecified atom stereocenters. The summed E-state index contributed by atoms with van der Waals surface area (Å²) in [5.41, 5.74) is 13.0. The van der Waals surface area contributed by atoms with E-state index in [2.05, 4.69) is 79.3 Å². The Morgan fingerprint density at radius 2 is 1.95 bits per heavy atom. The first-order valence-corrected chi connectivity index (χ1v) is 20.5. The molecule has 39 heavy (non-hydrogen) atoms. The minimum absolute atomic E-state index is 0.135. The van der Waals surface area contributed by atoms with Crippen molar-refractivity contribution in [2.45, 2.75) is 101 Å². The molecule has 0 saturated heterocycles. The molecular weight excluding hydrogens is 614 g/mol. The summed E-state index contributed by atoms with van der Waals surface area (Å²) in [6.45, 7) is 6.91. The molecule has 1 fully saturated rings. The Balaban J connectivity index is 1.33. The van der Waals surface area contributed by atoms with Crippen LogP contribution in [0.2, 0.25) is 0 Å². The summed E-state index contributed by atoms with van der Waals surface area (Å²) in [4.78, 5) is 2.57. The second kappa shape index (κ2) is 13.1. The van der Waals surface area contributed by atoms with E-state index in [4.69, 9.17) is 10.5 Å². The van der Waals surface area contributed by atoms with Gasteiger partial charge in [-0.1, -0.05) is 0 Å². The van der Waals surface area contributed by atoms with Gasteiger partial charge in [-0.25, -0.2) is 0 Å². The third-order valence-corrected chi connectivity index (χ3v) is 15.5. The van der Waals surface area contributed by atoms with Crippen LogP contribution in [0.3, 0.4) is 0 Å². The zero-order valence-electron chi connectivity index (χ0n) is 24.7. The van der Waals surface area contributed by atoms with Gasteiger partial charge in [0.05, 0.1) is 0 Å². The summed E-state index contributed by atoms with van der Waals surface area (Å²) >= 11 is -1.34. The van der Waals surface area contributed by atoms with E-state index in [9.17, 15) is 0 Å².